The summed E-state index contributed by atoms with van der Waals surface area (Å²) in [6, 6.07) is 15.6. The molecule has 0 radical (unpaired) electrons. The lowest BCUT2D eigenvalue weighted by Gasteiger charge is -2.13. The summed E-state index contributed by atoms with van der Waals surface area (Å²) in [5, 5.41) is 15.6. The molecule has 3 N–H and O–H groups in total. The van der Waals surface area contributed by atoms with Crippen molar-refractivity contribution in [3.05, 3.63) is 65.9 Å². The lowest BCUT2D eigenvalue weighted by atomic mass is 10.0. The molecule has 1 aliphatic heterocycles. The summed E-state index contributed by atoms with van der Waals surface area (Å²) in [4.78, 5) is 24.6. The van der Waals surface area contributed by atoms with Crippen LogP contribution in [-0.4, -0.2) is 23.0 Å². The maximum absolute atomic E-state index is 12.5. The Labute approximate surface area is 157 Å². The van der Waals surface area contributed by atoms with Crippen molar-refractivity contribution < 1.29 is 19.4 Å². The quantitative estimate of drug-likeness (QED) is 0.679. The lowest BCUT2D eigenvalue weighted by molar-refractivity contribution is -0.120. The van der Waals surface area contributed by atoms with Crippen molar-refractivity contribution in [1.82, 2.24) is 5.32 Å². The second-order valence-electron chi connectivity index (χ2n) is 6.81. The van der Waals surface area contributed by atoms with Crippen LogP contribution >= 0.6 is 0 Å². The zero-order valence-corrected chi connectivity index (χ0v) is 15.2. The van der Waals surface area contributed by atoms with Gasteiger partial charge in [-0.25, -0.2) is 0 Å². The van der Waals surface area contributed by atoms with Gasteiger partial charge in [-0.1, -0.05) is 38.1 Å². The Morgan fingerprint density at radius 3 is 2.56 bits per heavy atom. The largest absolute Gasteiger partial charge is 0.509 e. The van der Waals surface area contributed by atoms with E-state index in [1.54, 1.807) is 24.3 Å². The van der Waals surface area contributed by atoms with Gasteiger partial charge in [-0.05, 0) is 36.6 Å². The van der Waals surface area contributed by atoms with E-state index in [1.807, 2.05) is 44.2 Å². The molecule has 0 spiro atoms. The van der Waals surface area contributed by atoms with Gasteiger partial charge in [0.25, 0.3) is 11.8 Å². The van der Waals surface area contributed by atoms with E-state index in [4.69, 9.17) is 4.74 Å². The molecule has 1 unspecified atom stereocenters. The van der Waals surface area contributed by atoms with Crippen LogP contribution in [0, 0.1) is 5.92 Å². The highest BCUT2D eigenvalue weighted by Crippen LogP contribution is 2.25. The number of ether oxygens (including phenoxy) is 1. The molecule has 140 valence electrons. The molecule has 3 rings (SSSR count). The summed E-state index contributed by atoms with van der Waals surface area (Å²) < 4.78 is 5.74. The van der Waals surface area contributed by atoms with Gasteiger partial charge in [0.2, 0.25) is 0 Å². The molecule has 2 aromatic rings. The number of aliphatic hydroxyl groups is 1. The number of benzene rings is 2. The van der Waals surface area contributed by atoms with Crippen molar-refractivity contribution in [2.75, 3.05) is 5.32 Å². The minimum atomic E-state index is -0.645. The first-order valence-electron chi connectivity index (χ1n) is 8.82. The van der Waals surface area contributed by atoms with Gasteiger partial charge in [-0.3, -0.25) is 9.59 Å². The molecule has 0 aliphatic carbocycles. The summed E-state index contributed by atoms with van der Waals surface area (Å²) >= 11 is 0. The smallest absolute Gasteiger partial charge is 0.264 e. The van der Waals surface area contributed by atoms with E-state index in [1.165, 1.54) is 0 Å². The third-order valence-corrected chi connectivity index (χ3v) is 4.12. The van der Waals surface area contributed by atoms with Crippen molar-refractivity contribution in [3.8, 4) is 11.5 Å². The predicted octanol–water partition coefficient (Wildman–Crippen LogP) is 3.77. The summed E-state index contributed by atoms with van der Waals surface area (Å²) in [6.45, 7) is 3.96. The van der Waals surface area contributed by atoms with Gasteiger partial charge in [-0.2, -0.15) is 0 Å². The number of para-hydroxylation sites is 1. The van der Waals surface area contributed by atoms with Crippen LogP contribution in [0.5, 0.6) is 11.5 Å². The Balaban J connectivity index is 1.73. The zero-order valence-electron chi connectivity index (χ0n) is 15.2. The number of anilines is 1. The van der Waals surface area contributed by atoms with Gasteiger partial charge in [-0.15, -0.1) is 0 Å². The van der Waals surface area contributed by atoms with Gasteiger partial charge in [0.1, 0.15) is 22.8 Å². The molecule has 0 saturated heterocycles. The molecule has 0 saturated carbocycles. The lowest BCUT2D eigenvalue weighted by Crippen LogP contribution is -2.31. The van der Waals surface area contributed by atoms with Crippen molar-refractivity contribution in [2.45, 2.75) is 26.3 Å². The Hall–Kier alpha value is -3.28. The minimum Gasteiger partial charge on any atom is -0.509 e. The number of hydrogen-bond donors (Lipinski definition) is 3. The molecule has 2 aromatic carbocycles. The number of hydrogen-bond acceptors (Lipinski definition) is 4. The van der Waals surface area contributed by atoms with E-state index in [0.29, 0.717) is 23.6 Å². The fourth-order valence-electron chi connectivity index (χ4n) is 2.91. The molecule has 1 aliphatic rings. The number of nitrogens with one attached hydrogen (secondary N) is 2. The summed E-state index contributed by atoms with van der Waals surface area (Å²) in [7, 11) is 0. The number of amides is 2. The van der Waals surface area contributed by atoms with E-state index < -0.39 is 17.9 Å². The van der Waals surface area contributed by atoms with Crippen LogP contribution in [0.3, 0.4) is 0 Å². The average Bonchev–Trinajstić information content (AvgIpc) is 2.89. The second-order valence-corrected chi connectivity index (χ2v) is 6.81. The molecule has 6 heteroatoms. The van der Waals surface area contributed by atoms with Crippen LogP contribution in [0.2, 0.25) is 0 Å². The highest BCUT2D eigenvalue weighted by molar-refractivity contribution is 6.24. The van der Waals surface area contributed by atoms with Crippen LogP contribution in [0.25, 0.3) is 0 Å². The van der Waals surface area contributed by atoms with E-state index in [0.717, 1.165) is 0 Å². The first-order chi connectivity index (χ1) is 12.9. The van der Waals surface area contributed by atoms with Crippen LogP contribution < -0.4 is 15.4 Å². The second kappa shape index (κ2) is 7.95. The summed E-state index contributed by atoms with van der Waals surface area (Å²) in [5.74, 6) is 0.0776. The van der Waals surface area contributed by atoms with Crippen molar-refractivity contribution in [3.63, 3.8) is 0 Å². The monoisotopic (exact) mass is 366 g/mol. The SMILES string of the molecule is CC(C)CC1NC(=O)C(C(=O)Nc2cccc(Oc3ccccc3)c2)=C1O. The maximum Gasteiger partial charge on any atom is 0.264 e. The average molecular weight is 366 g/mol. The molecule has 0 fully saturated rings. The zero-order chi connectivity index (χ0) is 19.4. The normalized spacial score (nSPS) is 16.4. The molecule has 1 atom stereocenters. The fraction of sp³-hybridized carbons (Fsp3) is 0.238. The molecule has 6 nitrogen and oxygen atoms in total. The van der Waals surface area contributed by atoms with Crippen molar-refractivity contribution >= 4 is 17.5 Å². The van der Waals surface area contributed by atoms with Gasteiger partial charge in [0.15, 0.2) is 0 Å². The minimum absolute atomic E-state index is 0.206. The van der Waals surface area contributed by atoms with E-state index in [2.05, 4.69) is 10.6 Å². The Bertz CT molecular complexity index is 875. The van der Waals surface area contributed by atoms with Crippen molar-refractivity contribution in [1.29, 1.82) is 0 Å². The maximum atomic E-state index is 12.5. The van der Waals surface area contributed by atoms with Gasteiger partial charge >= 0.3 is 0 Å². The number of carbonyl (C=O) groups is 2. The third-order valence-electron chi connectivity index (χ3n) is 4.12. The van der Waals surface area contributed by atoms with Crippen LogP contribution in [0.4, 0.5) is 5.69 Å². The van der Waals surface area contributed by atoms with Crippen LogP contribution in [0.15, 0.2) is 65.9 Å². The molecule has 0 bridgehead atoms. The number of carbonyl (C=O) groups excluding carboxylic acids is 2. The van der Waals surface area contributed by atoms with E-state index in [9.17, 15) is 14.7 Å². The highest BCUT2D eigenvalue weighted by Gasteiger charge is 2.36. The van der Waals surface area contributed by atoms with Gasteiger partial charge < -0.3 is 20.5 Å². The highest BCUT2D eigenvalue weighted by atomic mass is 16.5. The first kappa shape index (κ1) is 18.5. The van der Waals surface area contributed by atoms with Gasteiger partial charge in [0.05, 0.1) is 6.04 Å². The Morgan fingerprint density at radius 1 is 1.15 bits per heavy atom. The summed E-state index contributed by atoms with van der Waals surface area (Å²) in [5.41, 5.74) is 0.226. The summed E-state index contributed by atoms with van der Waals surface area (Å²) in [6.07, 6.45) is 0.564. The molecule has 2 amide bonds. The van der Waals surface area contributed by atoms with Crippen molar-refractivity contribution in [2.24, 2.45) is 5.92 Å². The Morgan fingerprint density at radius 2 is 1.85 bits per heavy atom. The number of aliphatic hydroxyl groups excluding tert-OH is 1. The molecule has 27 heavy (non-hydrogen) atoms. The Kier molecular flexibility index (Phi) is 5.45. The third kappa shape index (κ3) is 4.47. The first-order valence-corrected chi connectivity index (χ1v) is 8.82. The van der Waals surface area contributed by atoms with Gasteiger partial charge in [0, 0.05) is 11.8 Å². The molecular formula is C21H22N2O4. The predicted molar refractivity (Wildman–Crippen MR) is 103 cm³/mol. The molecular weight excluding hydrogens is 344 g/mol. The number of rotatable bonds is 6. The van der Waals surface area contributed by atoms with Crippen LogP contribution in [0.1, 0.15) is 20.3 Å². The standard InChI is InChI=1S/C21H22N2O4/c1-13(2)11-17-19(24)18(21(26)23-17)20(25)22-14-7-6-10-16(12-14)27-15-8-4-3-5-9-15/h3-10,12-13,17,24H,11H2,1-2H3,(H,22,25)(H,23,26). The fourth-order valence-corrected chi connectivity index (χ4v) is 2.91. The molecule has 0 aromatic heterocycles. The molecule has 1 heterocycles. The van der Waals surface area contributed by atoms with E-state index in [-0.39, 0.29) is 17.3 Å². The van der Waals surface area contributed by atoms with Crippen LogP contribution in [-0.2, 0) is 9.59 Å². The topological polar surface area (TPSA) is 87.7 Å². The van der Waals surface area contributed by atoms with E-state index >= 15 is 0 Å².